The van der Waals surface area contributed by atoms with Gasteiger partial charge in [-0.2, -0.15) is 21.3 Å². The molecule has 8 heteroatoms. The summed E-state index contributed by atoms with van der Waals surface area (Å²) in [6.45, 7) is 1.41. The van der Waals surface area contributed by atoms with Crippen LogP contribution in [0.1, 0.15) is 6.92 Å². The predicted octanol–water partition coefficient (Wildman–Crippen LogP) is -0.270. The number of sulfonamides is 1. The lowest BCUT2D eigenvalue weighted by molar-refractivity contribution is -0.140. The van der Waals surface area contributed by atoms with Crippen molar-refractivity contribution in [3.63, 3.8) is 0 Å². The lowest BCUT2D eigenvalue weighted by atomic mass is 10.3. The average Bonchev–Trinajstić information content (AvgIpc) is 2.27. The standard InChI is InChI=1S/C8H12N2O4S2/c1-6(4-9)16(13,14)10-2-3-15-5-7(10)8(11)12/h6-7H,2-3,5H2,1H3,(H,11,12). The van der Waals surface area contributed by atoms with Crippen LogP contribution in [0.5, 0.6) is 0 Å². The molecular formula is C8H12N2O4S2. The zero-order chi connectivity index (χ0) is 12.3. The molecule has 0 saturated carbocycles. The van der Waals surface area contributed by atoms with Crippen LogP contribution >= 0.6 is 11.8 Å². The van der Waals surface area contributed by atoms with Crippen LogP contribution in [0.4, 0.5) is 0 Å². The van der Waals surface area contributed by atoms with E-state index in [-0.39, 0.29) is 12.3 Å². The summed E-state index contributed by atoms with van der Waals surface area (Å²) in [7, 11) is -3.83. The van der Waals surface area contributed by atoms with E-state index < -0.39 is 27.3 Å². The number of rotatable bonds is 3. The number of thioether (sulfide) groups is 1. The van der Waals surface area contributed by atoms with Gasteiger partial charge in [-0.15, -0.1) is 0 Å². The molecule has 0 spiro atoms. The molecule has 0 aromatic rings. The highest BCUT2D eigenvalue weighted by Gasteiger charge is 2.39. The summed E-state index contributed by atoms with van der Waals surface area (Å²) in [6.07, 6.45) is 0. The molecule has 0 aliphatic carbocycles. The number of aliphatic carboxylic acids is 1. The lowest BCUT2D eigenvalue weighted by Gasteiger charge is -2.32. The maximum atomic E-state index is 11.9. The van der Waals surface area contributed by atoms with Crippen molar-refractivity contribution in [2.24, 2.45) is 0 Å². The molecule has 0 bridgehead atoms. The van der Waals surface area contributed by atoms with Crippen LogP contribution in [0.2, 0.25) is 0 Å². The normalized spacial score (nSPS) is 24.6. The second-order valence-electron chi connectivity index (χ2n) is 3.36. The van der Waals surface area contributed by atoms with Gasteiger partial charge < -0.3 is 5.11 Å². The van der Waals surface area contributed by atoms with E-state index in [0.29, 0.717) is 5.75 Å². The van der Waals surface area contributed by atoms with Gasteiger partial charge in [0.05, 0.1) is 6.07 Å². The average molecular weight is 264 g/mol. The summed E-state index contributed by atoms with van der Waals surface area (Å²) in [6, 6.07) is 0.577. The first-order chi connectivity index (χ1) is 7.41. The first-order valence-electron chi connectivity index (χ1n) is 4.62. The molecule has 1 rings (SSSR count). The van der Waals surface area contributed by atoms with Crippen molar-refractivity contribution in [1.82, 2.24) is 4.31 Å². The van der Waals surface area contributed by atoms with Crippen LogP contribution in [0.25, 0.3) is 0 Å². The van der Waals surface area contributed by atoms with E-state index in [9.17, 15) is 13.2 Å². The molecule has 1 aliphatic heterocycles. The summed E-state index contributed by atoms with van der Waals surface area (Å²) in [4.78, 5) is 10.9. The monoisotopic (exact) mass is 264 g/mol. The van der Waals surface area contributed by atoms with Gasteiger partial charge in [-0.25, -0.2) is 8.42 Å². The molecule has 0 aromatic carbocycles. The molecule has 0 amide bonds. The summed E-state index contributed by atoms with van der Waals surface area (Å²) in [5.41, 5.74) is 0. The van der Waals surface area contributed by atoms with E-state index in [0.717, 1.165) is 4.31 Å². The molecule has 1 N–H and O–H groups in total. The van der Waals surface area contributed by atoms with Gasteiger partial charge in [-0.1, -0.05) is 0 Å². The summed E-state index contributed by atoms with van der Waals surface area (Å²) in [5, 5.41) is 16.3. The molecule has 0 radical (unpaired) electrons. The van der Waals surface area contributed by atoms with Crippen LogP contribution in [0, 0.1) is 11.3 Å². The maximum Gasteiger partial charge on any atom is 0.322 e. The van der Waals surface area contributed by atoms with Gasteiger partial charge in [0.25, 0.3) is 0 Å². The van der Waals surface area contributed by atoms with Crippen molar-refractivity contribution in [3.8, 4) is 6.07 Å². The van der Waals surface area contributed by atoms with Crippen molar-refractivity contribution in [2.45, 2.75) is 18.2 Å². The smallest absolute Gasteiger partial charge is 0.322 e. The third kappa shape index (κ3) is 2.48. The van der Waals surface area contributed by atoms with Crippen LogP contribution in [0.3, 0.4) is 0 Å². The number of carbonyl (C=O) groups is 1. The number of nitrogens with zero attached hydrogens (tertiary/aromatic N) is 2. The quantitative estimate of drug-likeness (QED) is 0.753. The van der Waals surface area contributed by atoms with E-state index >= 15 is 0 Å². The van der Waals surface area contributed by atoms with Gasteiger partial charge in [0.15, 0.2) is 5.25 Å². The van der Waals surface area contributed by atoms with Crippen LogP contribution in [0.15, 0.2) is 0 Å². The minimum atomic E-state index is -3.83. The summed E-state index contributed by atoms with van der Waals surface area (Å²) >= 11 is 1.40. The number of nitriles is 1. The lowest BCUT2D eigenvalue weighted by Crippen LogP contribution is -2.52. The number of carboxylic acids is 1. The highest BCUT2D eigenvalue weighted by molar-refractivity contribution is 7.99. The minimum Gasteiger partial charge on any atom is -0.480 e. The number of hydrogen-bond acceptors (Lipinski definition) is 5. The third-order valence-corrected chi connectivity index (χ3v) is 5.43. The second-order valence-corrected chi connectivity index (χ2v) is 6.71. The van der Waals surface area contributed by atoms with E-state index in [1.807, 2.05) is 0 Å². The number of carboxylic acid groups (broad SMARTS) is 1. The Morgan fingerprint density at radius 2 is 2.31 bits per heavy atom. The van der Waals surface area contributed by atoms with Gasteiger partial charge in [0, 0.05) is 18.1 Å². The molecule has 2 unspecified atom stereocenters. The Morgan fingerprint density at radius 3 is 2.81 bits per heavy atom. The van der Waals surface area contributed by atoms with Crippen LogP contribution in [-0.2, 0) is 14.8 Å². The van der Waals surface area contributed by atoms with Crippen LogP contribution in [-0.4, -0.2) is 53.1 Å². The van der Waals surface area contributed by atoms with Crippen molar-refractivity contribution >= 4 is 27.8 Å². The first-order valence-corrected chi connectivity index (χ1v) is 7.28. The molecule has 6 nitrogen and oxygen atoms in total. The van der Waals surface area contributed by atoms with Crippen molar-refractivity contribution in [1.29, 1.82) is 5.26 Å². The Kier molecular flexibility index (Phi) is 4.18. The Morgan fingerprint density at radius 1 is 1.69 bits per heavy atom. The van der Waals surface area contributed by atoms with Crippen LogP contribution < -0.4 is 0 Å². The fourth-order valence-corrected chi connectivity index (χ4v) is 4.01. The fraction of sp³-hybridized carbons (Fsp3) is 0.750. The molecule has 2 atom stereocenters. The third-order valence-electron chi connectivity index (χ3n) is 2.32. The predicted molar refractivity (Wildman–Crippen MR) is 59.4 cm³/mol. The summed E-state index contributed by atoms with van der Waals surface area (Å²) in [5.74, 6) is -0.380. The van der Waals surface area contributed by atoms with Gasteiger partial charge >= 0.3 is 5.97 Å². The van der Waals surface area contributed by atoms with Gasteiger partial charge in [0.1, 0.15) is 6.04 Å². The van der Waals surface area contributed by atoms with Crippen molar-refractivity contribution in [3.05, 3.63) is 0 Å². The first kappa shape index (κ1) is 13.3. The van der Waals surface area contributed by atoms with Crippen molar-refractivity contribution in [2.75, 3.05) is 18.1 Å². The fourth-order valence-electron chi connectivity index (χ4n) is 1.36. The Balaban J connectivity index is 3.01. The van der Waals surface area contributed by atoms with E-state index in [2.05, 4.69) is 0 Å². The van der Waals surface area contributed by atoms with E-state index in [4.69, 9.17) is 10.4 Å². The Labute approximate surface area is 98.3 Å². The largest absolute Gasteiger partial charge is 0.480 e. The molecule has 0 aromatic heterocycles. The highest BCUT2D eigenvalue weighted by Crippen LogP contribution is 2.22. The van der Waals surface area contributed by atoms with Gasteiger partial charge in [0.2, 0.25) is 10.0 Å². The molecule has 16 heavy (non-hydrogen) atoms. The molecule has 1 fully saturated rings. The number of hydrogen-bond donors (Lipinski definition) is 1. The molecule has 1 saturated heterocycles. The SMILES string of the molecule is CC(C#N)S(=O)(=O)N1CCSCC1C(=O)O. The van der Waals surface area contributed by atoms with Gasteiger partial charge in [-0.05, 0) is 6.92 Å². The molecule has 1 aliphatic rings. The Hall–Kier alpha value is -0.780. The summed E-state index contributed by atoms with van der Waals surface area (Å²) < 4.78 is 24.7. The van der Waals surface area contributed by atoms with E-state index in [1.165, 1.54) is 18.7 Å². The zero-order valence-electron chi connectivity index (χ0n) is 8.66. The highest BCUT2D eigenvalue weighted by atomic mass is 32.2. The van der Waals surface area contributed by atoms with E-state index in [1.54, 1.807) is 6.07 Å². The topological polar surface area (TPSA) is 98.5 Å². The second kappa shape index (κ2) is 5.03. The molecule has 90 valence electrons. The zero-order valence-corrected chi connectivity index (χ0v) is 10.3. The molecular weight excluding hydrogens is 252 g/mol. The van der Waals surface area contributed by atoms with Gasteiger partial charge in [-0.3, -0.25) is 4.79 Å². The maximum absolute atomic E-state index is 11.9. The minimum absolute atomic E-state index is 0.149. The van der Waals surface area contributed by atoms with Crippen molar-refractivity contribution < 1.29 is 18.3 Å². The Bertz CT molecular complexity index is 414. The molecule has 1 heterocycles.